The normalized spacial score (nSPS) is 13.8. The summed E-state index contributed by atoms with van der Waals surface area (Å²) in [5, 5.41) is 14.2. The molecule has 7 nitrogen and oxygen atoms in total. The number of carbonyl (C=O) groups excluding carboxylic acids is 1. The first-order chi connectivity index (χ1) is 11.7. The molecule has 2 aromatic rings. The zero-order valence-corrected chi connectivity index (χ0v) is 14.1. The number of thiophene rings is 1. The Kier molecular flexibility index (Phi) is 5.03. The Balaban J connectivity index is 1.56. The Hall–Kier alpha value is -2.50. The molecule has 0 unspecified atom stereocenters. The minimum absolute atomic E-state index is 0.0870. The zero-order chi connectivity index (χ0) is 16.9. The topological polar surface area (TPSA) is 91.1 Å². The number of methoxy groups -OCH3 is 1. The number of aromatic nitrogens is 2. The summed E-state index contributed by atoms with van der Waals surface area (Å²) in [6.07, 6.45) is 2.71. The number of anilines is 1. The molecule has 0 saturated carbocycles. The number of rotatable bonds is 5. The Bertz CT molecular complexity index is 769. The highest BCUT2D eigenvalue weighted by Crippen LogP contribution is 2.25. The van der Waals surface area contributed by atoms with Crippen LogP contribution in [0.4, 0.5) is 5.00 Å². The van der Waals surface area contributed by atoms with Crippen LogP contribution in [0.25, 0.3) is 0 Å². The highest BCUT2D eigenvalue weighted by atomic mass is 32.1. The van der Waals surface area contributed by atoms with Gasteiger partial charge in [0.25, 0.3) is 0 Å². The molecule has 0 spiro atoms. The largest absolute Gasteiger partial charge is 0.481 e. The van der Waals surface area contributed by atoms with Gasteiger partial charge in [0, 0.05) is 38.0 Å². The highest BCUT2D eigenvalue weighted by Gasteiger charge is 2.22. The molecule has 3 heterocycles. The van der Waals surface area contributed by atoms with Crippen LogP contribution in [0.3, 0.4) is 0 Å². The summed E-state index contributed by atoms with van der Waals surface area (Å²) in [6.45, 7) is 2.16. The standard InChI is InChI=1S/C16H17N5O2S/c1-23-15-12-9-21(5-2-13(12)18-10-19-15)6-3-14(22)20-16-11(8-17)4-7-24-16/h4,7,10H,2-3,5-6,9H2,1H3,(H,20,22). The summed E-state index contributed by atoms with van der Waals surface area (Å²) in [4.78, 5) is 22.7. The third-order valence-electron chi connectivity index (χ3n) is 3.93. The van der Waals surface area contributed by atoms with E-state index in [4.69, 9.17) is 10.00 Å². The van der Waals surface area contributed by atoms with Crippen LogP contribution in [0.1, 0.15) is 23.2 Å². The fourth-order valence-corrected chi connectivity index (χ4v) is 3.43. The third-order valence-corrected chi connectivity index (χ3v) is 4.76. The van der Waals surface area contributed by atoms with Crippen molar-refractivity contribution in [3.63, 3.8) is 0 Å². The van der Waals surface area contributed by atoms with E-state index < -0.39 is 0 Å². The number of nitriles is 1. The first-order valence-electron chi connectivity index (χ1n) is 7.57. The molecule has 0 aliphatic carbocycles. The highest BCUT2D eigenvalue weighted by molar-refractivity contribution is 7.14. The molecule has 124 valence electrons. The number of ether oxygens (including phenoxy) is 1. The van der Waals surface area contributed by atoms with Crippen molar-refractivity contribution in [2.75, 3.05) is 25.5 Å². The molecular weight excluding hydrogens is 326 g/mol. The molecule has 1 amide bonds. The second-order valence-electron chi connectivity index (χ2n) is 5.41. The molecule has 1 N–H and O–H groups in total. The Labute approximate surface area is 143 Å². The number of carbonyl (C=O) groups is 1. The van der Waals surface area contributed by atoms with Crippen molar-refractivity contribution in [2.45, 2.75) is 19.4 Å². The molecule has 0 atom stereocenters. The van der Waals surface area contributed by atoms with E-state index in [0.717, 1.165) is 24.2 Å². The quantitative estimate of drug-likeness (QED) is 0.890. The molecule has 0 radical (unpaired) electrons. The predicted octanol–water partition coefficient (Wildman–Crippen LogP) is 1.81. The lowest BCUT2D eigenvalue weighted by Gasteiger charge is -2.28. The van der Waals surface area contributed by atoms with Gasteiger partial charge in [0.15, 0.2) is 0 Å². The smallest absolute Gasteiger partial charge is 0.226 e. The van der Waals surface area contributed by atoms with Crippen molar-refractivity contribution in [2.24, 2.45) is 0 Å². The molecule has 8 heteroatoms. The van der Waals surface area contributed by atoms with Crippen LogP contribution in [0.15, 0.2) is 17.8 Å². The average molecular weight is 343 g/mol. The van der Waals surface area contributed by atoms with Crippen LogP contribution in [-0.4, -0.2) is 41.0 Å². The molecule has 3 rings (SSSR count). The number of nitrogens with zero attached hydrogens (tertiary/aromatic N) is 4. The molecule has 2 aromatic heterocycles. The fraction of sp³-hybridized carbons (Fsp3) is 0.375. The lowest BCUT2D eigenvalue weighted by atomic mass is 10.1. The van der Waals surface area contributed by atoms with Gasteiger partial charge in [-0.2, -0.15) is 5.26 Å². The van der Waals surface area contributed by atoms with Crippen LogP contribution in [0, 0.1) is 11.3 Å². The Morgan fingerprint density at radius 3 is 3.21 bits per heavy atom. The molecule has 1 aliphatic heterocycles. The van der Waals surface area contributed by atoms with Gasteiger partial charge in [0.2, 0.25) is 11.8 Å². The Morgan fingerprint density at radius 2 is 2.42 bits per heavy atom. The predicted molar refractivity (Wildman–Crippen MR) is 89.8 cm³/mol. The second-order valence-corrected chi connectivity index (χ2v) is 6.32. The van der Waals surface area contributed by atoms with Crippen molar-refractivity contribution in [3.05, 3.63) is 34.6 Å². The van der Waals surface area contributed by atoms with E-state index in [1.54, 1.807) is 18.6 Å². The van der Waals surface area contributed by atoms with Gasteiger partial charge < -0.3 is 10.1 Å². The van der Waals surface area contributed by atoms with Gasteiger partial charge in [0.05, 0.1) is 18.4 Å². The van der Waals surface area contributed by atoms with Gasteiger partial charge in [-0.05, 0) is 11.4 Å². The molecule has 1 aliphatic rings. The van der Waals surface area contributed by atoms with E-state index >= 15 is 0 Å². The first kappa shape index (κ1) is 16.4. The van der Waals surface area contributed by atoms with Crippen LogP contribution in [0.2, 0.25) is 0 Å². The molecule has 0 fully saturated rings. The monoisotopic (exact) mass is 343 g/mol. The van der Waals surface area contributed by atoms with E-state index in [0.29, 0.717) is 36.0 Å². The first-order valence-corrected chi connectivity index (χ1v) is 8.45. The van der Waals surface area contributed by atoms with Gasteiger partial charge in [-0.3, -0.25) is 9.69 Å². The number of fused-ring (bicyclic) bond motifs is 1. The minimum Gasteiger partial charge on any atom is -0.481 e. The van der Waals surface area contributed by atoms with Gasteiger partial charge in [-0.25, -0.2) is 9.97 Å². The van der Waals surface area contributed by atoms with Gasteiger partial charge in [-0.1, -0.05) is 0 Å². The van der Waals surface area contributed by atoms with Crippen LogP contribution in [0.5, 0.6) is 5.88 Å². The summed E-state index contributed by atoms with van der Waals surface area (Å²) < 4.78 is 5.30. The van der Waals surface area contributed by atoms with Crippen molar-refractivity contribution < 1.29 is 9.53 Å². The van der Waals surface area contributed by atoms with E-state index in [-0.39, 0.29) is 5.91 Å². The maximum atomic E-state index is 12.1. The summed E-state index contributed by atoms with van der Waals surface area (Å²) >= 11 is 1.36. The summed E-state index contributed by atoms with van der Waals surface area (Å²) in [7, 11) is 1.60. The van der Waals surface area contributed by atoms with Gasteiger partial charge in [0.1, 0.15) is 17.4 Å². The van der Waals surface area contributed by atoms with Crippen molar-refractivity contribution in [1.82, 2.24) is 14.9 Å². The number of hydrogen-bond acceptors (Lipinski definition) is 7. The van der Waals surface area contributed by atoms with E-state index in [1.807, 2.05) is 0 Å². The Morgan fingerprint density at radius 1 is 1.54 bits per heavy atom. The second kappa shape index (κ2) is 7.38. The fourth-order valence-electron chi connectivity index (χ4n) is 2.68. The SMILES string of the molecule is COc1ncnc2c1CN(CCC(=O)Nc1sccc1C#N)CC2. The van der Waals surface area contributed by atoms with Crippen LogP contribution in [-0.2, 0) is 17.8 Å². The minimum atomic E-state index is -0.0870. The number of nitrogens with one attached hydrogen (secondary N) is 1. The molecule has 0 aromatic carbocycles. The summed E-state index contributed by atoms with van der Waals surface area (Å²) in [5.41, 5.74) is 2.51. The molecule has 24 heavy (non-hydrogen) atoms. The van der Waals surface area contributed by atoms with Crippen molar-refractivity contribution >= 4 is 22.2 Å². The van der Waals surface area contributed by atoms with Crippen molar-refractivity contribution in [3.8, 4) is 11.9 Å². The van der Waals surface area contributed by atoms with Crippen LogP contribution < -0.4 is 10.1 Å². The number of amides is 1. The van der Waals surface area contributed by atoms with E-state index in [2.05, 4.69) is 26.3 Å². The van der Waals surface area contributed by atoms with Crippen LogP contribution >= 0.6 is 11.3 Å². The lowest BCUT2D eigenvalue weighted by molar-refractivity contribution is -0.116. The average Bonchev–Trinajstić information content (AvgIpc) is 3.06. The maximum Gasteiger partial charge on any atom is 0.226 e. The van der Waals surface area contributed by atoms with Gasteiger partial charge >= 0.3 is 0 Å². The molecule has 0 bridgehead atoms. The molecular formula is C16H17N5O2S. The summed E-state index contributed by atoms with van der Waals surface area (Å²) in [6, 6.07) is 3.77. The maximum absolute atomic E-state index is 12.1. The van der Waals surface area contributed by atoms with E-state index in [9.17, 15) is 4.79 Å². The van der Waals surface area contributed by atoms with E-state index in [1.165, 1.54) is 17.7 Å². The summed E-state index contributed by atoms with van der Waals surface area (Å²) in [5.74, 6) is 0.516. The number of hydrogen-bond donors (Lipinski definition) is 1. The molecule has 0 saturated heterocycles. The zero-order valence-electron chi connectivity index (χ0n) is 13.3. The third kappa shape index (κ3) is 3.53. The van der Waals surface area contributed by atoms with Crippen molar-refractivity contribution in [1.29, 1.82) is 5.26 Å². The van der Waals surface area contributed by atoms with Gasteiger partial charge in [-0.15, -0.1) is 11.3 Å². The lowest BCUT2D eigenvalue weighted by Crippen LogP contribution is -2.34.